The summed E-state index contributed by atoms with van der Waals surface area (Å²) in [6.07, 6.45) is 5.74. The van der Waals surface area contributed by atoms with Crippen molar-refractivity contribution in [2.75, 3.05) is 13.6 Å². The van der Waals surface area contributed by atoms with E-state index in [1.54, 1.807) is 23.1 Å². The summed E-state index contributed by atoms with van der Waals surface area (Å²) in [7, 11) is 1.91. The molecule has 1 aliphatic heterocycles. The Kier molecular flexibility index (Phi) is 4.08. The largest absolute Gasteiger partial charge is 0.298 e. The van der Waals surface area contributed by atoms with Crippen molar-refractivity contribution in [2.24, 2.45) is 5.10 Å². The van der Waals surface area contributed by atoms with Crippen molar-refractivity contribution in [1.29, 1.82) is 0 Å². The summed E-state index contributed by atoms with van der Waals surface area (Å²) >= 11 is 0. The topological polar surface area (TPSA) is 63.4 Å². The highest BCUT2D eigenvalue weighted by Gasteiger charge is 2.17. The number of aromatic nitrogens is 3. The highest BCUT2D eigenvalue weighted by atomic mass is 16.1. The van der Waals surface area contributed by atoms with Crippen molar-refractivity contribution in [1.82, 2.24) is 19.8 Å². The molecule has 0 spiro atoms. The highest BCUT2D eigenvalue weighted by molar-refractivity contribution is 5.83. The molecule has 1 unspecified atom stereocenters. The molecule has 3 heterocycles. The molecule has 6 heteroatoms. The first-order valence-electron chi connectivity index (χ1n) is 8.47. The van der Waals surface area contributed by atoms with Crippen LogP contribution in [0.25, 0.3) is 16.5 Å². The minimum atomic E-state index is -0.0758. The molecule has 4 rings (SSSR count). The van der Waals surface area contributed by atoms with Gasteiger partial charge in [0.2, 0.25) is 5.43 Å². The van der Waals surface area contributed by atoms with Crippen LogP contribution in [0.4, 0.5) is 0 Å². The van der Waals surface area contributed by atoms with Gasteiger partial charge in [0.1, 0.15) is 11.7 Å². The van der Waals surface area contributed by atoms with Crippen LogP contribution in [0.1, 0.15) is 17.3 Å². The first-order valence-corrected chi connectivity index (χ1v) is 8.47. The van der Waals surface area contributed by atoms with Gasteiger partial charge in [0.15, 0.2) is 0 Å². The van der Waals surface area contributed by atoms with Gasteiger partial charge in [0.25, 0.3) is 0 Å². The lowest BCUT2D eigenvalue weighted by molar-refractivity contribution is 0.348. The van der Waals surface area contributed by atoms with Crippen LogP contribution in [-0.2, 0) is 6.42 Å². The summed E-state index contributed by atoms with van der Waals surface area (Å²) in [4.78, 5) is 16.6. The second-order valence-electron chi connectivity index (χ2n) is 6.47. The van der Waals surface area contributed by atoms with Gasteiger partial charge >= 0.3 is 0 Å². The second-order valence-corrected chi connectivity index (χ2v) is 6.47. The molecule has 0 saturated heterocycles. The molecule has 1 atom stereocenters. The maximum atomic E-state index is 12.3. The number of nitrogens with zero attached hydrogens (tertiary/aromatic N) is 5. The van der Waals surface area contributed by atoms with E-state index in [0.29, 0.717) is 12.1 Å². The summed E-state index contributed by atoms with van der Waals surface area (Å²) < 4.78 is 1.79. The maximum absolute atomic E-state index is 12.3. The Balaban J connectivity index is 1.60. The van der Waals surface area contributed by atoms with Crippen LogP contribution in [0.5, 0.6) is 0 Å². The lowest BCUT2D eigenvalue weighted by Gasteiger charge is -2.14. The standard InChI is InChI=1S/C20H19N5O/c1-14(15-5-6-18-16(11-15)4-3-8-21-18)10-19-20(26)7-9-25(23-19)17-12-22-24(2)13-17/h3-9,11-12,17H,1,10,13H2,2H3. The van der Waals surface area contributed by atoms with Crippen LogP contribution >= 0.6 is 0 Å². The van der Waals surface area contributed by atoms with Crippen molar-refractivity contribution in [3.05, 3.63) is 76.9 Å². The number of hydrogen-bond donors (Lipinski definition) is 0. The third-order valence-electron chi connectivity index (χ3n) is 4.52. The smallest absolute Gasteiger partial charge is 0.203 e. The summed E-state index contributed by atoms with van der Waals surface area (Å²) in [5, 5.41) is 11.7. The SMILES string of the molecule is C=C(Cc1nn(C2C=NN(C)C2)ccc1=O)c1ccc2ncccc2c1. The van der Waals surface area contributed by atoms with Gasteiger partial charge in [-0.1, -0.05) is 18.7 Å². The Labute approximate surface area is 151 Å². The van der Waals surface area contributed by atoms with E-state index in [1.165, 1.54) is 0 Å². The number of allylic oxidation sites excluding steroid dienone is 1. The number of fused-ring (bicyclic) bond motifs is 1. The molecular formula is C20H19N5O. The van der Waals surface area contributed by atoms with Crippen LogP contribution in [0, 0.1) is 0 Å². The zero-order valence-corrected chi connectivity index (χ0v) is 14.5. The Bertz CT molecular complexity index is 1070. The molecule has 1 aliphatic rings. The van der Waals surface area contributed by atoms with E-state index in [1.807, 2.05) is 48.6 Å². The summed E-state index contributed by atoms with van der Waals surface area (Å²) in [6.45, 7) is 4.91. The molecule has 0 fully saturated rings. The predicted molar refractivity (Wildman–Crippen MR) is 103 cm³/mol. The van der Waals surface area contributed by atoms with Crippen LogP contribution < -0.4 is 5.43 Å². The Hall–Kier alpha value is -3.28. The Morgan fingerprint density at radius 2 is 2.19 bits per heavy atom. The molecule has 3 aromatic rings. The zero-order chi connectivity index (χ0) is 18.1. The van der Waals surface area contributed by atoms with Crippen LogP contribution in [-0.4, -0.2) is 39.6 Å². The Morgan fingerprint density at radius 1 is 1.31 bits per heavy atom. The average molecular weight is 345 g/mol. The molecule has 2 aromatic heterocycles. The molecular weight excluding hydrogens is 326 g/mol. The molecule has 0 aliphatic carbocycles. The molecule has 130 valence electrons. The molecule has 1 aromatic carbocycles. The van der Waals surface area contributed by atoms with Gasteiger partial charge in [-0.3, -0.25) is 19.5 Å². The van der Waals surface area contributed by atoms with Gasteiger partial charge in [-0.2, -0.15) is 10.2 Å². The van der Waals surface area contributed by atoms with Gasteiger partial charge in [0, 0.05) is 37.3 Å². The first kappa shape index (κ1) is 16.2. The third kappa shape index (κ3) is 3.13. The summed E-state index contributed by atoms with van der Waals surface area (Å²) in [6, 6.07) is 11.5. The van der Waals surface area contributed by atoms with Crippen molar-refractivity contribution >= 4 is 22.7 Å². The molecule has 26 heavy (non-hydrogen) atoms. The first-order chi connectivity index (χ1) is 12.6. The fraction of sp³-hybridized carbons (Fsp3) is 0.200. The van der Waals surface area contributed by atoms with E-state index in [9.17, 15) is 4.79 Å². The van der Waals surface area contributed by atoms with E-state index >= 15 is 0 Å². The lowest BCUT2D eigenvalue weighted by atomic mass is 10.0. The molecule has 0 amide bonds. The van der Waals surface area contributed by atoms with Crippen molar-refractivity contribution in [3.63, 3.8) is 0 Å². The minimum Gasteiger partial charge on any atom is -0.298 e. The normalized spacial score (nSPS) is 16.3. The number of hydrogen-bond acceptors (Lipinski definition) is 5. The predicted octanol–water partition coefficient (Wildman–Crippen LogP) is 2.52. The number of hydrazone groups is 1. The minimum absolute atomic E-state index is 0.0411. The van der Waals surface area contributed by atoms with E-state index in [-0.39, 0.29) is 11.5 Å². The molecule has 0 bridgehead atoms. The summed E-state index contributed by atoms with van der Waals surface area (Å²) in [5.41, 5.74) is 3.20. The number of benzene rings is 1. The van der Waals surface area contributed by atoms with Crippen LogP contribution in [0.2, 0.25) is 0 Å². The lowest BCUT2D eigenvalue weighted by Crippen LogP contribution is -2.24. The molecule has 6 nitrogen and oxygen atoms in total. The van der Waals surface area contributed by atoms with Crippen molar-refractivity contribution < 1.29 is 0 Å². The van der Waals surface area contributed by atoms with Gasteiger partial charge in [-0.15, -0.1) is 0 Å². The molecule has 0 radical (unpaired) electrons. The quantitative estimate of drug-likeness (QED) is 0.729. The fourth-order valence-electron chi connectivity index (χ4n) is 3.08. The average Bonchev–Trinajstić information content (AvgIpc) is 3.09. The maximum Gasteiger partial charge on any atom is 0.203 e. The molecule has 0 saturated carbocycles. The van der Waals surface area contributed by atoms with Crippen LogP contribution in [0.15, 0.2) is 65.3 Å². The van der Waals surface area contributed by atoms with E-state index in [0.717, 1.165) is 28.6 Å². The number of pyridine rings is 1. The van der Waals surface area contributed by atoms with Crippen molar-refractivity contribution in [2.45, 2.75) is 12.5 Å². The summed E-state index contributed by atoms with van der Waals surface area (Å²) in [5.74, 6) is 0. The van der Waals surface area contributed by atoms with E-state index in [2.05, 4.69) is 21.8 Å². The molecule has 0 N–H and O–H groups in total. The van der Waals surface area contributed by atoms with Gasteiger partial charge in [-0.05, 0) is 29.3 Å². The van der Waals surface area contributed by atoms with Crippen LogP contribution in [0.3, 0.4) is 0 Å². The zero-order valence-electron chi connectivity index (χ0n) is 14.5. The highest BCUT2D eigenvalue weighted by Crippen LogP contribution is 2.21. The second kappa shape index (κ2) is 6.55. The van der Waals surface area contributed by atoms with Gasteiger partial charge in [-0.25, -0.2) is 0 Å². The third-order valence-corrected chi connectivity index (χ3v) is 4.52. The number of rotatable bonds is 4. The van der Waals surface area contributed by atoms with E-state index < -0.39 is 0 Å². The monoisotopic (exact) mass is 345 g/mol. The van der Waals surface area contributed by atoms with Gasteiger partial charge in [0.05, 0.1) is 18.3 Å². The number of likely N-dealkylation sites (N-methyl/N-ethyl adjacent to an activating group) is 1. The van der Waals surface area contributed by atoms with Gasteiger partial charge < -0.3 is 0 Å². The van der Waals surface area contributed by atoms with Crippen molar-refractivity contribution in [3.8, 4) is 0 Å². The van der Waals surface area contributed by atoms with E-state index in [4.69, 9.17) is 0 Å². The fourth-order valence-corrected chi connectivity index (χ4v) is 3.08. The Morgan fingerprint density at radius 3 is 3.00 bits per heavy atom.